The fourth-order valence-corrected chi connectivity index (χ4v) is 5.86. The van der Waals surface area contributed by atoms with E-state index in [9.17, 15) is 19.2 Å². The molecule has 34 heavy (non-hydrogen) atoms. The van der Waals surface area contributed by atoms with E-state index >= 15 is 0 Å². The highest BCUT2D eigenvalue weighted by atomic mass is 16.2. The number of hydrogen-bond acceptors (Lipinski definition) is 7. The average Bonchev–Trinajstić information content (AvgIpc) is 3.41. The highest BCUT2D eigenvalue weighted by Gasteiger charge is 2.46. The Kier molecular flexibility index (Phi) is 6.40. The summed E-state index contributed by atoms with van der Waals surface area (Å²) < 4.78 is 0. The molecule has 0 aliphatic carbocycles. The van der Waals surface area contributed by atoms with E-state index in [1.54, 1.807) is 6.07 Å². The number of hydrogen-bond donors (Lipinski definition) is 2. The van der Waals surface area contributed by atoms with Crippen molar-refractivity contribution in [3.63, 3.8) is 0 Å². The van der Waals surface area contributed by atoms with Crippen LogP contribution in [0, 0.1) is 11.8 Å². The Balaban J connectivity index is 1.25. The molecule has 3 saturated heterocycles. The number of imide groups is 2. The number of benzene rings is 1. The SMILES string of the molecule is NCC1CCN(CCC2CCN(c3cccc4c3C(=O)N(C3CCC(=O)NC3=O)C4=O)C2)CC1. The Hall–Kier alpha value is -2.78. The minimum atomic E-state index is -0.937. The summed E-state index contributed by atoms with van der Waals surface area (Å²) >= 11 is 0. The Morgan fingerprint density at radius 1 is 0.941 bits per heavy atom. The molecule has 3 N–H and O–H groups in total. The van der Waals surface area contributed by atoms with Crippen LogP contribution < -0.4 is 16.0 Å². The third kappa shape index (κ3) is 4.22. The molecule has 2 unspecified atom stereocenters. The van der Waals surface area contributed by atoms with Crippen molar-refractivity contribution in [1.29, 1.82) is 0 Å². The van der Waals surface area contributed by atoms with Gasteiger partial charge in [-0.3, -0.25) is 29.4 Å². The number of carbonyl (C=O) groups is 4. The van der Waals surface area contributed by atoms with Gasteiger partial charge in [0.05, 0.1) is 16.8 Å². The minimum absolute atomic E-state index is 0.119. The van der Waals surface area contributed by atoms with Crippen LogP contribution in [0.25, 0.3) is 0 Å². The lowest BCUT2D eigenvalue weighted by Crippen LogP contribution is -2.54. The van der Waals surface area contributed by atoms with Gasteiger partial charge < -0.3 is 15.5 Å². The second-order valence-electron chi connectivity index (χ2n) is 10.1. The molecule has 0 radical (unpaired) electrons. The summed E-state index contributed by atoms with van der Waals surface area (Å²) in [5.74, 6) is -0.626. The van der Waals surface area contributed by atoms with Crippen molar-refractivity contribution < 1.29 is 19.2 Å². The molecule has 4 heterocycles. The van der Waals surface area contributed by atoms with Crippen LogP contribution in [-0.2, 0) is 9.59 Å². The van der Waals surface area contributed by atoms with Crippen molar-refractivity contribution in [2.75, 3.05) is 44.2 Å². The molecular formula is C25H33N5O4. The van der Waals surface area contributed by atoms with Crippen molar-refractivity contribution in [1.82, 2.24) is 15.1 Å². The van der Waals surface area contributed by atoms with Crippen LogP contribution in [0.4, 0.5) is 5.69 Å². The number of rotatable bonds is 6. The highest BCUT2D eigenvalue weighted by Crippen LogP contribution is 2.36. The second-order valence-corrected chi connectivity index (χ2v) is 10.1. The van der Waals surface area contributed by atoms with E-state index in [1.807, 2.05) is 12.1 Å². The first kappa shape index (κ1) is 23.0. The lowest BCUT2D eigenvalue weighted by molar-refractivity contribution is -0.136. The molecule has 0 saturated carbocycles. The summed E-state index contributed by atoms with van der Waals surface area (Å²) in [5.41, 5.74) is 7.32. The van der Waals surface area contributed by atoms with E-state index in [1.165, 1.54) is 12.8 Å². The van der Waals surface area contributed by atoms with Crippen molar-refractivity contribution in [3.05, 3.63) is 29.3 Å². The van der Waals surface area contributed by atoms with Crippen LogP contribution >= 0.6 is 0 Å². The monoisotopic (exact) mass is 467 g/mol. The van der Waals surface area contributed by atoms with Gasteiger partial charge in [0, 0.05) is 19.5 Å². The summed E-state index contributed by atoms with van der Waals surface area (Å²) in [4.78, 5) is 56.1. The second kappa shape index (κ2) is 9.46. The lowest BCUT2D eigenvalue weighted by Gasteiger charge is -2.32. The van der Waals surface area contributed by atoms with Crippen molar-refractivity contribution in [3.8, 4) is 0 Å². The predicted octanol–water partition coefficient (Wildman–Crippen LogP) is 0.975. The number of nitrogens with two attached hydrogens (primary N) is 1. The van der Waals surface area contributed by atoms with E-state index in [4.69, 9.17) is 5.73 Å². The highest BCUT2D eigenvalue weighted by molar-refractivity contribution is 6.25. The summed E-state index contributed by atoms with van der Waals surface area (Å²) in [5, 5.41) is 2.25. The summed E-state index contributed by atoms with van der Waals surface area (Å²) in [6.45, 7) is 5.82. The van der Waals surface area contributed by atoms with Crippen LogP contribution in [0.1, 0.15) is 59.2 Å². The van der Waals surface area contributed by atoms with Gasteiger partial charge in [-0.1, -0.05) is 6.07 Å². The van der Waals surface area contributed by atoms with Gasteiger partial charge in [-0.05, 0) is 82.3 Å². The number of anilines is 1. The normalized spacial score (nSPS) is 26.4. The van der Waals surface area contributed by atoms with Crippen molar-refractivity contribution in [2.45, 2.75) is 44.6 Å². The fraction of sp³-hybridized carbons (Fsp3) is 0.600. The molecule has 0 aromatic heterocycles. The van der Waals surface area contributed by atoms with Crippen molar-refractivity contribution in [2.24, 2.45) is 17.6 Å². The molecule has 0 spiro atoms. The molecule has 1 aromatic carbocycles. The zero-order valence-corrected chi connectivity index (χ0v) is 19.5. The first-order chi connectivity index (χ1) is 16.5. The number of nitrogens with zero attached hydrogens (tertiary/aromatic N) is 3. The summed E-state index contributed by atoms with van der Waals surface area (Å²) in [6, 6.07) is 4.43. The third-order valence-corrected chi connectivity index (χ3v) is 7.97. The van der Waals surface area contributed by atoms with Gasteiger partial charge in [0.15, 0.2) is 0 Å². The number of piperidine rings is 2. The zero-order chi connectivity index (χ0) is 23.8. The Morgan fingerprint density at radius 3 is 2.44 bits per heavy atom. The van der Waals surface area contributed by atoms with E-state index < -0.39 is 23.8 Å². The first-order valence-electron chi connectivity index (χ1n) is 12.5. The Morgan fingerprint density at radius 2 is 1.71 bits per heavy atom. The van der Waals surface area contributed by atoms with Crippen LogP contribution in [0.3, 0.4) is 0 Å². The minimum Gasteiger partial charge on any atom is -0.371 e. The third-order valence-electron chi connectivity index (χ3n) is 7.97. The van der Waals surface area contributed by atoms with Crippen LogP contribution in [-0.4, -0.2) is 78.7 Å². The maximum Gasteiger partial charge on any atom is 0.264 e. The molecule has 3 fully saturated rings. The lowest BCUT2D eigenvalue weighted by atomic mass is 9.96. The number of likely N-dealkylation sites (tertiary alicyclic amines) is 1. The van der Waals surface area contributed by atoms with E-state index in [0.717, 1.165) is 62.7 Å². The smallest absolute Gasteiger partial charge is 0.264 e. The molecule has 1 aromatic rings. The molecule has 4 aliphatic rings. The molecule has 5 rings (SSSR count). The van der Waals surface area contributed by atoms with E-state index in [2.05, 4.69) is 15.1 Å². The van der Waals surface area contributed by atoms with Gasteiger partial charge in [-0.2, -0.15) is 0 Å². The molecule has 0 bridgehead atoms. The first-order valence-corrected chi connectivity index (χ1v) is 12.5. The predicted molar refractivity (Wildman–Crippen MR) is 126 cm³/mol. The Bertz CT molecular complexity index is 1000. The number of carbonyl (C=O) groups excluding carboxylic acids is 4. The molecule has 182 valence electrons. The van der Waals surface area contributed by atoms with E-state index in [-0.39, 0.29) is 18.7 Å². The molecule has 4 amide bonds. The van der Waals surface area contributed by atoms with Gasteiger partial charge in [0.2, 0.25) is 11.8 Å². The zero-order valence-electron chi connectivity index (χ0n) is 19.5. The number of amides is 4. The maximum absolute atomic E-state index is 13.4. The Labute approximate surface area is 199 Å². The summed E-state index contributed by atoms with van der Waals surface area (Å²) in [7, 11) is 0. The molecule has 4 aliphatic heterocycles. The van der Waals surface area contributed by atoms with Crippen LogP contribution in [0.15, 0.2) is 18.2 Å². The molecular weight excluding hydrogens is 434 g/mol. The standard InChI is InChI=1S/C25H33N5O4/c26-14-16-6-10-28(11-7-16)12-8-17-9-13-29(15-17)19-3-1-2-18-22(19)25(34)30(24(18)33)20-4-5-21(31)27-23(20)32/h1-3,16-17,20H,4-15,26H2,(H,27,31,32). The van der Waals surface area contributed by atoms with Crippen LogP contribution in [0.5, 0.6) is 0 Å². The fourth-order valence-electron chi connectivity index (χ4n) is 5.86. The molecule has 9 nitrogen and oxygen atoms in total. The number of nitrogens with one attached hydrogen (secondary N) is 1. The van der Waals surface area contributed by atoms with Gasteiger partial charge in [-0.15, -0.1) is 0 Å². The molecule has 9 heteroatoms. The van der Waals surface area contributed by atoms with Crippen LogP contribution in [0.2, 0.25) is 0 Å². The average molecular weight is 468 g/mol. The van der Waals surface area contributed by atoms with Gasteiger partial charge in [0.25, 0.3) is 11.8 Å². The molecule has 2 atom stereocenters. The topological polar surface area (TPSA) is 116 Å². The quantitative estimate of drug-likeness (QED) is 0.599. The summed E-state index contributed by atoms with van der Waals surface area (Å²) in [6.07, 6.45) is 4.83. The van der Waals surface area contributed by atoms with Gasteiger partial charge in [-0.25, -0.2) is 0 Å². The van der Waals surface area contributed by atoms with E-state index in [0.29, 0.717) is 23.0 Å². The van der Waals surface area contributed by atoms with Gasteiger partial charge in [0.1, 0.15) is 6.04 Å². The van der Waals surface area contributed by atoms with Gasteiger partial charge >= 0.3 is 0 Å². The van der Waals surface area contributed by atoms with Crippen molar-refractivity contribution >= 4 is 29.3 Å². The largest absolute Gasteiger partial charge is 0.371 e. The number of fused-ring (bicyclic) bond motifs is 1. The maximum atomic E-state index is 13.4.